The van der Waals surface area contributed by atoms with Crippen LogP contribution < -0.4 is 4.90 Å². The van der Waals surface area contributed by atoms with Gasteiger partial charge in [-0.1, -0.05) is 48.6 Å². The average molecular weight is 384 g/mol. The minimum atomic E-state index is -0.0393. The van der Waals surface area contributed by atoms with Crippen molar-refractivity contribution >= 4 is 34.0 Å². The van der Waals surface area contributed by atoms with Crippen LogP contribution in [0.25, 0.3) is 21.8 Å². The summed E-state index contributed by atoms with van der Waals surface area (Å²) in [5, 5.41) is 1.73. The van der Waals surface area contributed by atoms with E-state index in [1.807, 2.05) is 62.7 Å². The maximum atomic E-state index is 12.8. The van der Waals surface area contributed by atoms with Gasteiger partial charge in [0.15, 0.2) is 0 Å². The van der Waals surface area contributed by atoms with Crippen LogP contribution in [-0.4, -0.2) is 34.9 Å². The third kappa shape index (κ3) is 3.97. The molecule has 0 aliphatic heterocycles. The summed E-state index contributed by atoms with van der Waals surface area (Å²) in [5.41, 5.74) is 2.80. The monoisotopic (exact) mass is 383 g/mol. The molecule has 1 atom stereocenters. The third-order valence-electron chi connectivity index (χ3n) is 4.04. The van der Waals surface area contributed by atoms with E-state index in [1.165, 1.54) is 11.3 Å². The molecule has 0 N–H and O–H groups in total. The maximum absolute atomic E-state index is 12.8. The fourth-order valence-electron chi connectivity index (χ4n) is 2.69. The Balaban J connectivity index is 2.05. The molecule has 26 heavy (non-hydrogen) atoms. The van der Waals surface area contributed by atoms with E-state index < -0.39 is 0 Å². The SMILES string of the molecule is CSCC(C)C(=O)N(C)c1sc(-c2cccnc2)nc1-c1ccccc1. The second kappa shape index (κ2) is 8.47. The van der Waals surface area contributed by atoms with Gasteiger partial charge in [0.25, 0.3) is 0 Å². The number of nitrogens with zero attached hydrogens (tertiary/aromatic N) is 3. The molecule has 0 spiro atoms. The van der Waals surface area contributed by atoms with Gasteiger partial charge in [0.2, 0.25) is 5.91 Å². The molecule has 0 aliphatic carbocycles. The Morgan fingerprint density at radius 2 is 1.92 bits per heavy atom. The average Bonchev–Trinajstić information content (AvgIpc) is 3.14. The van der Waals surface area contributed by atoms with Crippen molar-refractivity contribution in [1.82, 2.24) is 9.97 Å². The van der Waals surface area contributed by atoms with Crippen LogP contribution in [0.5, 0.6) is 0 Å². The molecule has 0 saturated carbocycles. The van der Waals surface area contributed by atoms with E-state index in [9.17, 15) is 4.79 Å². The predicted octanol–water partition coefficient (Wildman–Crippen LogP) is 4.83. The molecule has 0 bridgehead atoms. The van der Waals surface area contributed by atoms with Crippen molar-refractivity contribution < 1.29 is 4.79 Å². The lowest BCUT2D eigenvalue weighted by molar-refractivity contribution is -0.120. The van der Waals surface area contributed by atoms with E-state index in [4.69, 9.17) is 4.98 Å². The number of anilines is 1. The lowest BCUT2D eigenvalue weighted by Gasteiger charge is -2.20. The van der Waals surface area contributed by atoms with E-state index in [0.717, 1.165) is 32.6 Å². The van der Waals surface area contributed by atoms with Gasteiger partial charge in [-0.15, -0.1) is 0 Å². The number of hydrogen-bond donors (Lipinski definition) is 0. The zero-order chi connectivity index (χ0) is 18.5. The molecule has 2 aromatic heterocycles. The van der Waals surface area contributed by atoms with Crippen molar-refractivity contribution in [1.29, 1.82) is 0 Å². The minimum absolute atomic E-state index is 0.0393. The molecule has 0 radical (unpaired) electrons. The zero-order valence-electron chi connectivity index (χ0n) is 15.0. The summed E-state index contributed by atoms with van der Waals surface area (Å²) in [6.45, 7) is 1.97. The Hall–Kier alpha value is -2.18. The second-order valence-electron chi connectivity index (χ2n) is 6.03. The summed E-state index contributed by atoms with van der Waals surface area (Å²) in [4.78, 5) is 23.6. The Labute approximate surface area is 162 Å². The van der Waals surface area contributed by atoms with Crippen molar-refractivity contribution in [3.63, 3.8) is 0 Å². The number of thiazole rings is 1. The van der Waals surface area contributed by atoms with E-state index >= 15 is 0 Å². The molecular formula is C20H21N3OS2. The fraction of sp³-hybridized carbons (Fsp3) is 0.250. The van der Waals surface area contributed by atoms with Crippen LogP contribution in [0, 0.1) is 5.92 Å². The van der Waals surface area contributed by atoms with E-state index in [-0.39, 0.29) is 11.8 Å². The standard InChI is InChI=1S/C20H21N3OS2/c1-14(13-25-3)19(24)23(2)20-17(15-8-5-4-6-9-15)22-18(26-20)16-10-7-11-21-12-16/h4-12,14H,13H2,1-3H3. The lowest BCUT2D eigenvalue weighted by Crippen LogP contribution is -2.32. The number of aromatic nitrogens is 2. The first-order valence-electron chi connectivity index (χ1n) is 8.35. The first-order valence-corrected chi connectivity index (χ1v) is 10.6. The normalized spacial score (nSPS) is 12.0. The van der Waals surface area contributed by atoms with Crippen LogP contribution in [-0.2, 0) is 4.79 Å². The van der Waals surface area contributed by atoms with Crippen LogP contribution >= 0.6 is 23.1 Å². The third-order valence-corrected chi connectivity index (χ3v) is 6.05. The van der Waals surface area contributed by atoms with Crippen LogP contribution in [0.15, 0.2) is 54.9 Å². The molecule has 1 amide bonds. The summed E-state index contributed by atoms with van der Waals surface area (Å²) in [6, 6.07) is 13.9. The Bertz CT molecular complexity index is 865. The highest BCUT2D eigenvalue weighted by atomic mass is 32.2. The van der Waals surface area contributed by atoms with Crippen molar-refractivity contribution in [3.8, 4) is 21.8 Å². The highest BCUT2D eigenvalue weighted by Gasteiger charge is 2.24. The predicted molar refractivity (Wildman–Crippen MR) is 112 cm³/mol. The highest BCUT2D eigenvalue weighted by Crippen LogP contribution is 2.40. The van der Waals surface area contributed by atoms with E-state index in [2.05, 4.69) is 4.98 Å². The second-order valence-corrected chi connectivity index (χ2v) is 7.92. The fourth-order valence-corrected chi connectivity index (χ4v) is 4.38. The number of amides is 1. The quantitative estimate of drug-likeness (QED) is 0.611. The van der Waals surface area contributed by atoms with Gasteiger partial charge >= 0.3 is 0 Å². The van der Waals surface area contributed by atoms with E-state index in [1.54, 1.807) is 29.1 Å². The van der Waals surface area contributed by atoms with Gasteiger partial charge in [0, 0.05) is 42.2 Å². The number of hydrogen-bond acceptors (Lipinski definition) is 5. The largest absolute Gasteiger partial charge is 0.305 e. The van der Waals surface area contributed by atoms with Gasteiger partial charge < -0.3 is 4.90 Å². The van der Waals surface area contributed by atoms with Crippen molar-refractivity contribution in [2.45, 2.75) is 6.92 Å². The summed E-state index contributed by atoms with van der Waals surface area (Å²) in [5.74, 6) is 0.874. The molecular weight excluding hydrogens is 362 g/mol. The van der Waals surface area contributed by atoms with Gasteiger partial charge in [-0.3, -0.25) is 9.78 Å². The van der Waals surface area contributed by atoms with Gasteiger partial charge in [0.05, 0.1) is 0 Å². The van der Waals surface area contributed by atoms with Crippen molar-refractivity contribution in [2.75, 3.05) is 24.0 Å². The highest BCUT2D eigenvalue weighted by molar-refractivity contribution is 7.98. The Morgan fingerprint density at radius 3 is 2.58 bits per heavy atom. The van der Waals surface area contributed by atoms with E-state index in [0.29, 0.717) is 0 Å². The first kappa shape index (κ1) is 18.6. The number of pyridine rings is 1. The van der Waals surface area contributed by atoms with Crippen molar-refractivity contribution in [3.05, 3.63) is 54.9 Å². The van der Waals surface area contributed by atoms with Gasteiger partial charge in [-0.25, -0.2) is 4.98 Å². The number of rotatable bonds is 6. The zero-order valence-corrected chi connectivity index (χ0v) is 16.7. The molecule has 1 aromatic carbocycles. The smallest absolute Gasteiger partial charge is 0.231 e. The first-order chi connectivity index (χ1) is 12.6. The molecule has 3 aromatic rings. The molecule has 2 heterocycles. The molecule has 134 valence electrons. The summed E-state index contributed by atoms with van der Waals surface area (Å²) < 4.78 is 0. The summed E-state index contributed by atoms with van der Waals surface area (Å²) in [6.07, 6.45) is 5.57. The molecule has 0 fully saturated rings. The summed E-state index contributed by atoms with van der Waals surface area (Å²) in [7, 11) is 1.84. The molecule has 4 nitrogen and oxygen atoms in total. The Kier molecular flexibility index (Phi) is 6.06. The minimum Gasteiger partial charge on any atom is -0.305 e. The number of carbonyl (C=O) groups excluding carboxylic acids is 1. The Morgan fingerprint density at radius 1 is 1.19 bits per heavy atom. The van der Waals surface area contributed by atoms with Gasteiger partial charge in [-0.05, 0) is 18.4 Å². The number of thioether (sulfide) groups is 1. The molecule has 1 unspecified atom stereocenters. The molecule has 3 rings (SSSR count). The number of benzene rings is 1. The van der Waals surface area contributed by atoms with Crippen LogP contribution in [0.3, 0.4) is 0 Å². The van der Waals surface area contributed by atoms with Crippen LogP contribution in [0.2, 0.25) is 0 Å². The maximum Gasteiger partial charge on any atom is 0.231 e. The van der Waals surface area contributed by atoms with Crippen LogP contribution in [0.4, 0.5) is 5.00 Å². The molecule has 0 aliphatic rings. The van der Waals surface area contributed by atoms with Crippen molar-refractivity contribution in [2.24, 2.45) is 5.92 Å². The van der Waals surface area contributed by atoms with Gasteiger partial charge in [0.1, 0.15) is 15.7 Å². The molecule has 0 saturated heterocycles. The number of carbonyl (C=O) groups is 1. The van der Waals surface area contributed by atoms with Gasteiger partial charge in [-0.2, -0.15) is 11.8 Å². The van der Waals surface area contributed by atoms with Crippen LogP contribution in [0.1, 0.15) is 6.92 Å². The summed E-state index contributed by atoms with van der Waals surface area (Å²) >= 11 is 3.21. The molecule has 6 heteroatoms. The topological polar surface area (TPSA) is 46.1 Å². The lowest BCUT2D eigenvalue weighted by atomic mass is 10.1.